The molecule has 32 heavy (non-hydrogen) atoms. The highest BCUT2D eigenvalue weighted by Gasteiger charge is 2.18. The minimum absolute atomic E-state index is 0.0953. The predicted molar refractivity (Wildman–Crippen MR) is 122 cm³/mol. The number of halogens is 1. The van der Waals surface area contributed by atoms with Crippen LogP contribution in [0, 0.1) is 5.82 Å². The third kappa shape index (κ3) is 3.54. The van der Waals surface area contributed by atoms with E-state index in [2.05, 4.69) is 10.3 Å². The van der Waals surface area contributed by atoms with Crippen molar-refractivity contribution in [3.05, 3.63) is 107 Å². The fourth-order valence-corrected chi connectivity index (χ4v) is 3.90. The summed E-state index contributed by atoms with van der Waals surface area (Å²) < 4.78 is 17.2. The van der Waals surface area contributed by atoms with Gasteiger partial charge in [0.05, 0.1) is 24.1 Å². The number of fused-ring (bicyclic) bond motifs is 3. The number of rotatable bonds is 5. The fourth-order valence-electron chi connectivity index (χ4n) is 3.90. The maximum absolute atomic E-state index is 14.0. The molecule has 6 nitrogen and oxygen atoms in total. The standard InChI is InChI=1S/C25H19FN4O2/c26-19-11-5-6-12-20(19)28-22(31)15-30-21-13-7-4-10-18(21)23-24(30)25(32)29(16-27-23)14-17-8-2-1-3-9-17/h1-13,16H,14-15H2,(H,28,31). The van der Waals surface area contributed by atoms with E-state index in [0.717, 1.165) is 10.9 Å². The lowest BCUT2D eigenvalue weighted by Crippen LogP contribution is -2.25. The Hall–Kier alpha value is -4.26. The summed E-state index contributed by atoms with van der Waals surface area (Å²) >= 11 is 0. The van der Waals surface area contributed by atoms with Crippen LogP contribution < -0.4 is 10.9 Å². The molecule has 0 spiro atoms. The normalized spacial score (nSPS) is 11.2. The molecule has 0 bridgehead atoms. The largest absolute Gasteiger partial charge is 0.325 e. The third-order valence-electron chi connectivity index (χ3n) is 5.38. The molecule has 0 aliphatic carbocycles. The molecule has 158 valence electrons. The van der Waals surface area contributed by atoms with Crippen molar-refractivity contribution in [1.82, 2.24) is 14.1 Å². The summed E-state index contributed by atoms with van der Waals surface area (Å²) in [6.45, 7) is 0.218. The molecule has 7 heteroatoms. The van der Waals surface area contributed by atoms with Crippen molar-refractivity contribution >= 4 is 33.5 Å². The molecular formula is C25H19FN4O2. The van der Waals surface area contributed by atoms with Gasteiger partial charge in [0.2, 0.25) is 5.91 Å². The lowest BCUT2D eigenvalue weighted by Gasteiger charge is -2.10. The summed E-state index contributed by atoms with van der Waals surface area (Å²) in [5.41, 5.74) is 2.41. The van der Waals surface area contributed by atoms with Crippen LogP contribution in [0.2, 0.25) is 0 Å². The average Bonchev–Trinajstić information content (AvgIpc) is 3.12. The van der Waals surface area contributed by atoms with Gasteiger partial charge in [0.25, 0.3) is 5.56 Å². The zero-order chi connectivity index (χ0) is 22.1. The Labute approximate surface area is 182 Å². The number of para-hydroxylation sites is 2. The first-order chi connectivity index (χ1) is 15.6. The van der Waals surface area contributed by atoms with Crippen LogP contribution >= 0.6 is 0 Å². The van der Waals surface area contributed by atoms with Crippen LogP contribution in [0.5, 0.6) is 0 Å². The lowest BCUT2D eigenvalue weighted by atomic mass is 10.2. The zero-order valence-electron chi connectivity index (χ0n) is 17.0. The maximum Gasteiger partial charge on any atom is 0.278 e. The summed E-state index contributed by atoms with van der Waals surface area (Å²) in [5, 5.41) is 3.37. The van der Waals surface area contributed by atoms with Crippen molar-refractivity contribution in [2.45, 2.75) is 13.1 Å². The van der Waals surface area contributed by atoms with E-state index in [-0.39, 0.29) is 17.8 Å². The van der Waals surface area contributed by atoms with Crippen molar-refractivity contribution in [2.75, 3.05) is 5.32 Å². The maximum atomic E-state index is 14.0. The van der Waals surface area contributed by atoms with Crippen molar-refractivity contribution in [1.29, 1.82) is 0 Å². The molecule has 5 rings (SSSR count). The van der Waals surface area contributed by atoms with E-state index in [1.54, 1.807) is 16.7 Å². The molecule has 0 saturated carbocycles. The average molecular weight is 426 g/mol. The van der Waals surface area contributed by atoms with Gasteiger partial charge in [-0.3, -0.25) is 14.2 Å². The monoisotopic (exact) mass is 426 g/mol. The Morgan fingerprint density at radius 2 is 1.66 bits per heavy atom. The Bertz CT molecular complexity index is 1510. The van der Waals surface area contributed by atoms with Crippen LogP contribution in [-0.4, -0.2) is 20.0 Å². The number of nitrogens with one attached hydrogen (secondary N) is 1. The van der Waals surface area contributed by atoms with Crippen molar-refractivity contribution in [3.63, 3.8) is 0 Å². The molecule has 5 aromatic rings. The number of carbonyl (C=O) groups excluding carboxylic acids is 1. The molecular weight excluding hydrogens is 407 g/mol. The summed E-state index contributed by atoms with van der Waals surface area (Å²) in [5.74, 6) is -0.953. The molecule has 0 fully saturated rings. The van der Waals surface area contributed by atoms with Crippen LogP contribution in [0.15, 0.2) is 90.0 Å². The molecule has 0 atom stereocenters. The van der Waals surface area contributed by atoms with E-state index < -0.39 is 11.7 Å². The van der Waals surface area contributed by atoms with Crippen LogP contribution in [0.1, 0.15) is 5.56 Å². The highest BCUT2D eigenvalue weighted by molar-refractivity contribution is 6.06. The quantitative estimate of drug-likeness (QED) is 0.459. The minimum atomic E-state index is -0.519. The van der Waals surface area contributed by atoms with Crippen LogP contribution in [-0.2, 0) is 17.9 Å². The molecule has 0 aliphatic heterocycles. The smallest absolute Gasteiger partial charge is 0.278 e. The Morgan fingerprint density at radius 1 is 0.938 bits per heavy atom. The zero-order valence-corrected chi connectivity index (χ0v) is 17.0. The van der Waals surface area contributed by atoms with Crippen LogP contribution in [0.3, 0.4) is 0 Å². The molecule has 0 unspecified atom stereocenters. The second-order valence-electron chi connectivity index (χ2n) is 7.49. The predicted octanol–water partition coefficient (Wildman–Crippen LogP) is 4.18. The number of benzene rings is 3. The third-order valence-corrected chi connectivity index (χ3v) is 5.38. The van der Waals surface area contributed by atoms with Gasteiger partial charge in [-0.15, -0.1) is 0 Å². The van der Waals surface area contributed by atoms with Gasteiger partial charge >= 0.3 is 0 Å². The van der Waals surface area contributed by atoms with Gasteiger partial charge in [0, 0.05) is 5.39 Å². The van der Waals surface area contributed by atoms with E-state index in [1.165, 1.54) is 23.0 Å². The lowest BCUT2D eigenvalue weighted by molar-refractivity contribution is -0.116. The van der Waals surface area contributed by atoms with E-state index >= 15 is 0 Å². The molecule has 0 radical (unpaired) electrons. The number of hydrogen-bond donors (Lipinski definition) is 1. The molecule has 1 amide bonds. The van der Waals surface area contributed by atoms with E-state index in [1.807, 2.05) is 54.6 Å². The first kappa shape index (κ1) is 19.7. The summed E-state index contributed by atoms with van der Waals surface area (Å²) in [6.07, 6.45) is 1.54. The van der Waals surface area contributed by atoms with Crippen LogP contribution in [0.4, 0.5) is 10.1 Å². The van der Waals surface area contributed by atoms with Gasteiger partial charge in [-0.2, -0.15) is 0 Å². The second-order valence-corrected chi connectivity index (χ2v) is 7.49. The number of carbonyl (C=O) groups is 1. The Kier molecular flexibility index (Phi) is 4.99. The minimum Gasteiger partial charge on any atom is -0.325 e. The van der Waals surface area contributed by atoms with Gasteiger partial charge in [0.15, 0.2) is 0 Å². The number of aromatic nitrogens is 3. The summed E-state index contributed by atoms with van der Waals surface area (Å²) in [4.78, 5) is 30.7. The number of anilines is 1. The highest BCUT2D eigenvalue weighted by atomic mass is 19.1. The highest BCUT2D eigenvalue weighted by Crippen LogP contribution is 2.25. The van der Waals surface area contributed by atoms with E-state index in [0.29, 0.717) is 23.1 Å². The van der Waals surface area contributed by atoms with E-state index in [9.17, 15) is 14.0 Å². The van der Waals surface area contributed by atoms with Gasteiger partial charge < -0.3 is 9.88 Å². The first-order valence-corrected chi connectivity index (χ1v) is 10.2. The molecule has 1 N–H and O–H groups in total. The molecule has 2 heterocycles. The summed E-state index contributed by atoms with van der Waals surface area (Å²) in [6, 6.07) is 23.0. The number of hydrogen-bond acceptors (Lipinski definition) is 3. The first-order valence-electron chi connectivity index (χ1n) is 10.2. The van der Waals surface area contributed by atoms with Gasteiger partial charge in [-0.25, -0.2) is 9.37 Å². The SMILES string of the molecule is O=C(Cn1c2ccccc2c2ncn(Cc3ccccc3)c(=O)c21)Nc1ccccc1F. The Morgan fingerprint density at radius 3 is 2.47 bits per heavy atom. The molecule has 0 aliphatic rings. The number of amides is 1. The van der Waals surface area contributed by atoms with Crippen molar-refractivity contribution < 1.29 is 9.18 Å². The summed E-state index contributed by atoms with van der Waals surface area (Å²) in [7, 11) is 0. The molecule has 3 aromatic carbocycles. The second kappa shape index (κ2) is 8.11. The van der Waals surface area contributed by atoms with Gasteiger partial charge in [0.1, 0.15) is 23.4 Å². The van der Waals surface area contributed by atoms with Gasteiger partial charge in [-0.05, 0) is 23.8 Å². The molecule has 2 aromatic heterocycles. The van der Waals surface area contributed by atoms with Crippen LogP contribution in [0.25, 0.3) is 21.9 Å². The molecule has 0 saturated heterocycles. The number of nitrogens with zero attached hydrogens (tertiary/aromatic N) is 3. The van der Waals surface area contributed by atoms with Gasteiger partial charge in [-0.1, -0.05) is 60.7 Å². The van der Waals surface area contributed by atoms with Crippen molar-refractivity contribution in [2.24, 2.45) is 0 Å². The Balaban J connectivity index is 1.60. The topological polar surface area (TPSA) is 68.9 Å². The van der Waals surface area contributed by atoms with E-state index in [4.69, 9.17) is 0 Å². The fraction of sp³-hybridized carbons (Fsp3) is 0.0800. The van der Waals surface area contributed by atoms with Crippen molar-refractivity contribution in [3.8, 4) is 0 Å².